The zero-order valence-electron chi connectivity index (χ0n) is 10.4. The van der Waals surface area contributed by atoms with Crippen LogP contribution in [0.2, 0.25) is 0 Å². The van der Waals surface area contributed by atoms with Gasteiger partial charge in [-0.25, -0.2) is 0 Å². The van der Waals surface area contributed by atoms with E-state index in [1.54, 1.807) is 30.3 Å². The third-order valence-electron chi connectivity index (χ3n) is 2.74. The molecule has 0 fully saturated rings. The Morgan fingerprint density at radius 1 is 1.25 bits per heavy atom. The molecule has 0 spiro atoms. The van der Waals surface area contributed by atoms with Crippen molar-refractivity contribution in [2.45, 2.75) is 12.8 Å². The number of carboxylic acid groups (broad SMARTS) is 1. The number of para-hydroxylation sites is 1. The van der Waals surface area contributed by atoms with Crippen LogP contribution in [-0.2, 0) is 11.2 Å². The van der Waals surface area contributed by atoms with Crippen LogP contribution < -0.4 is 5.32 Å². The Morgan fingerprint density at radius 2 is 2.00 bits per heavy atom. The van der Waals surface area contributed by atoms with Crippen molar-refractivity contribution in [1.29, 1.82) is 0 Å². The van der Waals surface area contributed by atoms with Gasteiger partial charge in [0.25, 0.3) is 5.91 Å². The Balaban J connectivity index is 2.15. The number of amides is 1. The zero-order chi connectivity index (χ0) is 14.5. The van der Waals surface area contributed by atoms with E-state index in [-0.39, 0.29) is 12.3 Å². The van der Waals surface area contributed by atoms with Crippen LogP contribution in [0.3, 0.4) is 0 Å². The fourth-order valence-corrected chi connectivity index (χ4v) is 2.17. The molecule has 0 saturated carbocycles. The van der Waals surface area contributed by atoms with Crippen LogP contribution in [0.1, 0.15) is 22.3 Å². The van der Waals surface area contributed by atoms with Crippen molar-refractivity contribution in [3.63, 3.8) is 0 Å². The minimum absolute atomic E-state index is 0.0162. The SMILES string of the molecule is O=C(O)CCc1ccccc1NC(=O)c1ccoc1Br. The van der Waals surface area contributed by atoms with Gasteiger partial charge in [0.2, 0.25) is 0 Å². The lowest BCUT2D eigenvalue weighted by Gasteiger charge is -2.09. The molecule has 0 atom stereocenters. The van der Waals surface area contributed by atoms with E-state index < -0.39 is 5.97 Å². The molecule has 0 saturated heterocycles. The van der Waals surface area contributed by atoms with Gasteiger partial charge in [0, 0.05) is 12.1 Å². The number of aryl methyl sites for hydroxylation is 1. The van der Waals surface area contributed by atoms with Gasteiger partial charge in [0.05, 0.1) is 11.8 Å². The number of nitrogens with one attached hydrogen (secondary N) is 1. The number of carbonyl (C=O) groups excluding carboxylic acids is 1. The Bertz CT molecular complexity index is 636. The summed E-state index contributed by atoms with van der Waals surface area (Å²) in [5.74, 6) is -1.18. The van der Waals surface area contributed by atoms with Gasteiger partial charge in [-0.2, -0.15) is 0 Å². The lowest BCUT2D eigenvalue weighted by atomic mass is 10.1. The molecule has 0 aliphatic carbocycles. The number of hydrogen-bond donors (Lipinski definition) is 2. The molecule has 0 bridgehead atoms. The summed E-state index contributed by atoms with van der Waals surface area (Å²) in [5, 5.41) is 11.5. The smallest absolute Gasteiger partial charge is 0.303 e. The summed E-state index contributed by atoms with van der Waals surface area (Å²) in [6, 6.07) is 8.68. The van der Waals surface area contributed by atoms with Crippen molar-refractivity contribution in [2.24, 2.45) is 0 Å². The van der Waals surface area contributed by atoms with Crippen molar-refractivity contribution in [1.82, 2.24) is 0 Å². The lowest BCUT2D eigenvalue weighted by Crippen LogP contribution is -2.13. The van der Waals surface area contributed by atoms with E-state index >= 15 is 0 Å². The second-order valence-electron chi connectivity index (χ2n) is 4.11. The number of carboxylic acids is 1. The van der Waals surface area contributed by atoms with Crippen LogP contribution >= 0.6 is 15.9 Å². The average molecular weight is 338 g/mol. The first kappa shape index (κ1) is 14.3. The van der Waals surface area contributed by atoms with E-state index in [1.807, 2.05) is 0 Å². The molecule has 104 valence electrons. The number of furan rings is 1. The fourth-order valence-electron chi connectivity index (χ4n) is 1.75. The van der Waals surface area contributed by atoms with Crippen molar-refractivity contribution < 1.29 is 19.1 Å². The number of anilines is 1. The topological polar surface area (TPSA) is 79.5 Å². The van der Waals surface area contributed by atoms with E-state index in [9.17, 15) is 9.59 Å². The quantitative estimate of drug-likeness (QED) is 0.877. The first-order chi connectivity index (χ1) is 9.58. The van der Waals surface area contributed by atoms with Crippen molar-refractivity contribution in [3.8, 4) is 0 Å². The third kappa shape index (κ3) is 3.48. The van der Waals surface area contributed by atoms with Gasteiger partial charge in [-0.05, 0) is 40.0 Å². The summed E-state index contributed by atoms with van der Waals surface area (Å²) >= 11 is 3.14. The fraction of sp³-hybridized carbons (Fsp3) is 0.143. The molecule has 2 N–H and O–H groups in total. The summed E-state index contributed by atoms with van der Waals surface area (Å²) in [4.78, 5) is 22.7. The molecule has 0 radical (unpaired) electrons. The Hall–Kier alpha value is -2.08. The van der Waals surface area contributed by atoms with Crippen LogP contribution in [0.4, 0.5) is 5.69 Å². The minimum Gasteiger partial charge on any atom is -0.481 e. The number of rotatable bonds is 5. The van der Waals surface area contributed by atoms with E-state index in [0.29, 0.717) is 22.3 Å². The normalized spacial score (nSPS) is 10.2. The van der Waals surface area contributed by atoms with Crippen LogP contribution in [-0.4, -0.2) is 17.0 Å². The zero-order valence-corrected chi connectivity index (χ0v) is 12.0. The van der Waals surface area contributed by atoms with E-state index in [4.69, 9.17) is 9.52 Å². The van der Waals surface area contributed by atoms with E-state index in [1.165, 1.54) is 6.26 Å². The summed E-state index contributed by atoms with van der Waals surface area (Å²) in [6.07, 6.45) is 1.79. The maximum atomic E-state index is 12.1. The minimum atomic E-state index is -0.872. The van der Waals surface area contributed by atoms with Crippen LogP contribution in [0.5, 0.6) is 0 Å². The molecule has 0 unspecified atom stereocenters. The van der Waals surface area contributed by atoms with Gasteiger partial charge in [-0.1, -0.05) is 18.2 Å². The second kappa shape index (κ2) is 6.38. The highest BCUT2D eigenvalue weighted by Gasteiger charge is 2.14. The Morgan fingerprint density at radius 3 is 2.65 bits per heavy atom. The molecule has 2 rings (SSSR count). The molecule has 1 heterocycles. The molecule has 1 aromatic heterocycles. The number of aliphatic carboxylic acids is 1. The van der Waals surface area contributed by atoms with E-state index in [0.717, 1.165) is 5.56 Å². The van der Waals surface area contributed by atoms with Crippen LogP contribution in [0.25, 0.3) is 0 Å². The van der Waals surface area contributed by atoms with Gasteiger partial charge in [0.15, 0.2) is 4.67 Å². The summed E-state index contributed by atoms with van der Waals surface area (Å²) in [6.45, 7) is 0. The van der Waals surface area contributed by atoms with Crippen LogP contribution in [0, 0.1) is 0 Å². The molecule has 6 heteroatoms. The average Bonchev–Trinajstić information content (AvgIpc) is 2.84. The molecule has 20 heavy (non-hydrogen) atoms. The molecule has 1 amide bonds. The highest BCUT2D eigenvalue weighted by Crippen LogP contribution is 2.21. The summed E-state index contributed by atoms with van der Waals surface area (Å²) in [7, 11) is 0. The molecule has 0 aliphatic heterocycles. The molecular weight excluding hydrogens is 326 g/mol. The number of benzene rings is 1. The van der Waals surface area contributed by atoms with Gasteiger partial charge in [-0.15, -0.1) is 0 Å². The standard InChI is InChI=1S/C14H12BrNO4/c15-13-10(7-8-20-13)14(19)16-11-4-2-1-3-9(11)5-6-12(17)18/h1-4,7-8H,5-6H2,(H,16,19)(H,17,18). The largest absolute Gasteiger partial charge is 0.481 e. The van der Waals surface area contributed by atoms with Crippen LogP contribution in [0.15, 0.2) is 45.7 Å². The number of carbonyl (C=O) groups is 2. The lowest BCUT2D eigenvalue weighted by molar-refractivity contribution is -0.136. The maximum absolute atomic E-state index is 12.1. The number of hydrogen-bond acceptors (Lipinski definition) is 3. The van der Waals surface area contributed by atoms with Gasteiger partial charge in [0.1, 0.15) is 0 Å². The third-order valence-corrected chi connectivity index (χ3v) is 3.35. The van der Waals surface area contributed by atoms with Gasteiger partial charge in [-0.3, -0.25) is 9.59 Å². The maximum Gasteiger partial charge on any atom is 0.303 e. The summed E-state index contributed by atoms with van der Waals surface area (Å²) < 4.78 is 5.37. The predicted octanol–water partition coefficient (Wildman–Crippen LogP) is 3.31. The number of halogens is 1. The van der Waals surface area contributed by atoms with Crippen molar-refractivity contribution in [3.05, 3.63) is 52.4 Å². The highest BCUT2D eigenvalue weighted by atomic mass is 79.9. The molecular formula is C14H12BrNO4. The van der Waals surface area contributed by atoms with Crippen molar-refractivity contribution >= 4 is 33.5 Å². The summed E-state index contributed by atoms with van der Waals surface area (Å²) in [5.41, 5.74) is 1.77. The second-order valence-corrected chi connectivity index (χ2v) is 4.83. The van der Waals surface area contributed by atoms with Gasteiger partial charge >= 0.3 is 5.97 Å². The van der Waals surface area contributed by atoms with E-state index in [2.05, 4.69) is 21.2 Å². The molecule has 1 aromatic carbocycles. The Labute approximate surface area is 123 Å². The highest BCUT2D eigenvalue weighted by molar-refractivity contribution is 9.10. The Kier molecular flexibility index (Phi) is 4.57. The molecule has 5 nitrogen and oxygen atoms in total. The predicted molar refractivity (Wildman–Crippen MR) is 76.8 cm³/mol. The molecule has 2 aromatic rings. The molecule has 0 aliphatic rings. The first-order valence-corrected chi connectivity index (χ1v) is 6.71. The van der Waals surface area contributed by atoms with Crippen molar-refractivity contribution in [2.75, 3.05) is 5.32 Å². The van der Waals surface area contributed by atoms with Gasteiger partial charge < -0.3 is 14.8 Å². The monoisotopic (exact) mass is 337 g/mol. The first-order valence-electron chi connectivity index (χ1n) is 5.92.